The van der Waals surface area contributed by atoms with Gasteiger partial charge in [-0.2, -0.15) is 11.8 Å². The van der Waals surface area contributed by atoms with Crippen LogP contribution in [0.15, 0.2) is 4.99 Å². The highest BCUT2D eigenvalue weighted by atomic mass is 32.2. The van der Waals surface area contributed by atoms with E-state index in [-0.39, 0.29) is 31.8 Å². The molecule has 0 bridgehead atoms. The molecule has 0 aliphatic carbocycles. The Morgan fingerprint density at radius 2 is 1.46 bits per heavy atom. The summed E-state index contributed by atoms with van der Waals surface area (Å²) >= 11 is 1.53. The monoisotopic (exact) mass is 520 g/mol. The van der Waals surface area contributed by atoms with Crippen LogP contribution in [0.1, 0.15) is 38.5 Å². The third kappa shape index (κ3) is 14.4. The molecule has 0 fully saturated rings. The second-order valence-corrected chi connectivity index (χ2v) is 8.81. The number of aliphatic imine (C=N–C) groups is 1. The summed E-state index contributed by atoms with van der Waals surface area (Å²) in [7, 11) is 0. The van der Waals surface area contributed by atoms with Crippen molar-refractivity contribution in [1.82, 2.24) is 16.0 Å². The van der Waals surface area contributed by atoms with Crippen LogP contribution in [0, 0.1) is 0 Å². The van der Waals surface area contributed by atoms with Crippen molar-refractivity contribution < 1.29 is 29.4 Å². The van der Waals surface area contributed by atoms with E-state index in [1.807, 2.05) is 6.26 Å². The normalized spacial score (nSPS) is 14.2. The molecule has 0 radical (unpaired) electrons. The van der Waals surface area contributed by atoms with Gasteiger partial charge in [0.25, 0.3) is 0 Å². The quantitative estimate of drug-likeness (QED) is 0.0464. The number of hydrogen-bond donors (Lipinski definition) is 9. The maximum absolute atomic E-state index is 12.8. The minimum atomic E-state index is -1.43. The number of thioether (sulfide) groups is 1. The summed E-state index contributed by atoms with van der Waals surface area (Å²) in [6, 6.07) is -4.52. The Bertz CT molecular complexity index is 707. The summed E-state index contributed by atoms with van der Waals surface area (Å²) in [5.74, 6) is -2.87. The van der Waals surface area contributed by atoms with Gasteiger partial charge >= 0.3 is 5.97 Å². The number of hydrogen-bond acceptors (Lipinski definition) is 9. The molecule has 4 unspecified atom stereocenters. The number of carboxylic acid groups (broad SMARTS) is 1. The predicted molar refractivity (Wildman–Crippen MR) is 134 cm³/mol. The highest BCUT2D eigenvalue weighted by Gasteiger charge is 2.29. The van der Waals surface area contributed by atoms with E-state index in [1.165, 1.54) is 11.8 Å². The van der Waals surface area contributed by atoms with Gasteiger partial charge in [-0.1, -0.05) is 0 Å². The predicted octanol–water partition coefficient (Wildman–Crippen LogP) is -3.22. The van der Waals surface area contributed by atoms with Crippen molar-refractivity contribution in [3.05, 3.63) is 0 Å². The molecule has 0 spiro atoms. The van der Waals surface area contributed by atoms with E-state index in [2.05, 4.69) is 20.9 Å². The molecule has 14 nitrogen and oxygen atoms in total. The topological polar surface area (TPSA) is 261 Å². The van der Waals surface area contributed by atoms with Crippen LogP contribution < -0.4 is 38.9 Å². The van der Waals surface area contributed by atoms with E-state index in [1.54, 1.807) is 0 Å². The number of rotatable bonds is 19. The molecule has 35 heavy (non-hydrogen) atoms. The van der Waals surface area contributed by atoms with E-state index in [4.69, 9.17) is 22.9 Å². The van der Waals surface area contributed by atoms with Gasteiger partial charge in [-0.05, 0) is 57.1 Å². The van der Waals surface area contributed by atoms with Gasteiger partial charge in [0.2, 0.25) is 17.7 Å². The van der Waals surface area contributed by atoms with E-state index < -0.39 is 54.5 Å². The molecule has 0 aromatic heterocycles. The summed E-state index contributed by atoms with van der Waals surface area (Å²) < 4.78 is 0. The molecule has 0 heterocycles. The minimum absolute atomic E-state index is 0.0235. The third-order valence-corrected chi connectivity index (χ3v) is 5.57. The maximum Gasteiger partial charge on any atom is 0.326 e. The second-order valence-electron chi connectivity index (χ2n) is 7.83. The Hall–Kier alpha value is -2.62. The molecule has 202 valence electrons. The molecule has 0 saturated heterocycles. The zero-order valence-electron chi connectivity index (χ0n) is 20.1. The number of amides is 3. The van der Waals surface area contributed by atoms with Crippen molar-refractivity contribution >= 4 is 41.4 Å². The number of nitrogens with one attached hydrogen (secondary N) is 3. The fourth-order valence-electron chi connectivity index (χ4n) is 2.92. The maximum atomic E-state index is 12.8. The third-order valence-electron chi connectivity index (χ3n) is 4.93. The molecular formula is C20H40N8O6S. The van der Waals surface area contributed by atoms with Crippen LogP contribution in [0.25, 0.3) is 0 Å². The molecule has 0 aromatic rings. The van der Waals surface area contributed by atoms with Crippen molar-refractivity contribution in [2.24, 2.45) is 27.9 Å². The largest absolute Gasteiger partial charge is 0.480 e. The zero-order valence-corrected chi connectivity index (χ0v) is 20.9. The first kappa shape index (κ1) is 32.4. The van der Waals surface area contributed by atoms with Gasteiger partial charge in [0, 0.05) is 6.54 Å². The van der Waals surface area contributed by atoms with Crippen LogP contribution in [0.5, 0.6) is 0 Å². The van der Waals surface area contributed by atoms with Gasteiger partial charge < -0.3 is 49.1 Å². The molecule has 0 aliphatic heterocycles. The molecular weight excluding hydrogens is 480 g/mol. The van der Waals surface area contributed by atoms with Gasteiger partial charge in [-0.15, -0.1) is 0 Å². The molecule has 3 amide bonds. The standard InChI is InChI=1S/C20H40N8O6S/c1-35-10-7-12(22)16(30)26-13(5-2-3-8-21)17(31)28-15(11-29)18(32)27-14(19(33)34)6-4-9-25-20(23)24/h12-15,29H,2-11,21-22H2,1H3,(H,26,30)(H,27,32)(H,28,31)(H,33,34)(H4,23,24,25). The summed E-state index contributed by atoms with van der Waals surface area (Å²) in [5.41, 5.74) is 21.8. The number of aliphatic carboxylic acids is 1. The average Bonchev–Trinajstić information content (AvgIpc) is 2.81. The fourth-order valence-corrected chi connectivity index (χ4v) is 3.41. The smallest absolute Gasteiger partial charge is 0.326 e. The first-order valence-corrected chi connectivity index (χ1v) is 12.7. The average molecular weight is 521 g/mol. The number of aliphatic hydroxyl groups excluding tert-OH is 1. The van der Waals surface area contributed by atoms with Crippen molar-refractivity contribution in [2.75, 3.05) is 31.7 Å². The van der Waals surface area contributed by atoms with E-state index in [0.29, 0.717) is 31.6 Å². The van der Waals surface area contributed by atoms with Crippen LogP contribution >= 0.6 is 11.8 Å². The lowest BCUT2D eigenvalue weighted by Gasteiger charge is -2.24. The van der Waals surface area contributed by atoms with E-state index >= 15 is 0 Å². The number of carbonyl (C=O) groups is 4. The lowest BCUT2D eigenvalue weighted by atomic mass is 10.1. The van der Waals surface area contributed by atoms with Crippen LogP contribution in [-0.4, -0.2) is 95.7 Å². The summed E-state index contributed by atoms with van der Waals surface area (Å²) in [6.07, 6.45) is 3.99. The summed E-state index contributed by atoms with van der Waals surface area (Å²) in [5, 5.41) is 26.2. The number of unbranched alkanes of at least 4 members (excludes halogenated alkanes) is 1. The number of nitrogens with two attached hydrogens (primary N) is 4. The van der Waals surface area contributed by atoms with Gasteiger partial charge in [0.1, 0.15) is 18.1 Å². The van der Waals surface area contributed by atoms with Crippen molar-refractivity contribution in [2.45, 2.75) is 62.7 Å². The fraction of sp³-hybridized carbons (Fsp3) is 0.750. The molecule has 15 heteroatoms. The number of nitrogens with zero attached hydrogens (tertiary/aromatic N) is 1. The Kier molecular flexibility index (Phi) is 17.3. The van der Waals surface area contributed by atoms with Crippen LogP contribution in [0.3, 0.4) is 0 Å². The first-order chi connectivity index (χ1) is 16.6. The summed E-state index contributed by atoms with van der Waals surface area (Å²) in [6.45, 7) is -0.211. The lowest BCUT2D eigenvalue weighted by Crippen LogP contribution is -2.58. The van der Waals surface area contributed by atoms with Crippen LogP contribution in [0.4, 0.5) is 0 Å². The highest BCUT2D eigenvalue weighted by Crippen LogP contribution is 2.05. The van der Waals surface area contributed by atoms with Crippen molar-refractivity contribution in [3.63, 3.8) is 0 Å². The lowest BCUT2D eigenvalue weighted by molar-refractivity contribution is -0.142. The second kappa shape index (κ2) is 18.7. The number of guanidine groups is 1. The molecule has 0 aliphatic rings. The Labute approximate surface area is 209 Å². The first-order valence-electron chi connectivity index (χ1n) is 11.3. The molecule has 0 rings (SSSR count). The van der Waals surface area contributed by atoms with Gasteiger partial charge in [-0.25, -0.2) is 4.79 Å². The molecule has 13 N–H and O–H groups in total. The summed E-state index contributed by atoms with van der Waals surface area (Å²) in [4.78, 5) is 53.0. The van der Waals surface area contributed by atoms with Crippen molar-refractivity contribution in [1.29, 1.82) is 0 Å². The van der Waals surface area contributed by atoms with Crippen LogP contribution in [-0.2, 0) is 19.2 Å². The molecule has 0 saturated carbocycles. The van der Waals surface area contributed by atoms with Crippen LogP contribution in [0.2, 0.25) is 0 Å². The van der Waals surface area contributed by atoms with E-state index in [0.717, 1.165) is 0 Å². The van der Waals surface area contributed by atoms with Crippen molar-refractivity contribution in [3.8, 4) is 0 Å². The van der Waals surface area contributed by atoms with Gasteiger partial charge in [0.05, 0.1) is 12.6 Å². The molecule has 4 atom stereocenters. The Morgan fingerprint density at radius 1 is 0.886 bits per heavy atom. The SMILES string of the molecule is CSCCC(N)C(=O)NC(CCCCN)C(=O)NC(CO)C(=O)NC(CCCN=C(N)N)C(=O)O. The van der Waals surface area contributed by atoms with Gasteiger partial charge in [0.15, 0.2) is 5.96 Å². The number of carboxylic acids is 1. The number of carbonyl (C=O) groups excluding carboxylic acids is 3. The molecule has 0 aromatic carbocycles. The Balaban J connectivity index is 5.17. The zero-order chi connectivity index (χ0) is 26.8. The minimum Gasteiger partial charge on any atom is -0.480 e. The number of aliphatic hydroxyl groups is 1. The Morgan fingerprint density at radius 3 is 2.00 bits per heavy atom. The highest BCUT2D eigenvalue weighted by molar-refractivity contribution is 7.98. The van der Waals surface area contributed by atoms with E-state index in [9.17, 15) is 29.4 Å². The van der Waals surface area contributed by atoms with Gasteiger partial charge in [-0.3, -0.25) is 19.4 Å².